The molecule has 1 aromatic carbocycles. The highest BCUT2D eigenvalue weighted by Crippen LogP contribution is 2.49. The van der Waals surface area contributed by atoms with Gasteiger partial charge in [0.2, 0.25) is 5.91 Å². The summed E-state index contributed by atoms with van der Waals surface area (Å²) in [4.78, 5) is 41.0. The van der Waals surface area contributed by atoms with Crippen LogP contribution in [-0.2, 0) is 32.6 Å². The van der Waals surface area contributed by atoms with E-state index in [0.717, 1.165) is 50.2 Å². The van der Waals surface area contributed by atoms with Crippen molar-refractivity contribution in [2.45, 2.75) is 68.9 Å². The maximum atomic E-state index is 13.8. The quantitative estimate of drug-likeness (QED) is 0.207. The van der Waals surface area contributed by atoms with E-state index in [0.29, 0.717) is 49.1 Å². The average molecular weight is 611 g/mol. The summed E-state index contributed by atoms with van der Waals surface area (Å²) in [6, 6.07) is 7.20. The molecule has 0 bridgehead atoms. The zero-order valence-electron chi connectivity index (χ0n) is 25.0. The first kappa shape index (κ1) is 31.6. The number of alkyl halides is 1. The van der Waals surface area contributed by atoms with Crippen molar-refractivity contribution in [2.75, 3.05) is 45.3 Å². The lowest BCUT2D eigenvalue weighted by molar-refractivity contribution is -0.142. The molecule has 0 saturated heterocycles. The second-order valence-corrected chi connectivity index (χ2v) is 11.7. The summed E-state index contributed by atoms with van der Waals surface area (Å²) in [6.07, 6.45) is 6.44. The molecule has 2 aliphatic rings. The molecular weight excluding hydrogens is 570 g/mol. The first-order chi connectivity index (χ1) is 21.3. The number of aryl methyl sites for hydroxylation is 2. The molecule has 3 N–H and O–H groups in total. The smallest absolute Gasteiger partial charge is 0.326 e. The minimum Gasteiger partial charge on any atom is -0.480 e. The maximum absolute atomic E-state index is 13.8. The number of fused-ring (bicyclic) bond motifs is 2. The van der Waals surface area contributed by atoms with E-state index in [1.165, 1.54) is 31.1 Å². The van der Waals surface area contributed by atoms with Gasteiger partial charge < -0.3 is 25.4 Å². The summed E-state index contributed by atoms with van der Waals surface area (Å²) in [5.74, 6) is -1.04. The van der Waals surface area contributed by atoms with Gasteiger partial charge in [-0.2, -0.15) is 0 Å². The Hall–Kier alpha value is -3.77. The third-order valence-corrected chi connectivity index (χ3v) is 8.65. The van der Waals surface area contributed by atoms with Crippen molar-refractivity contribution in [3.8, 4) is 0 Å². The van der Waals surface area contributed by atoms with E-state index in [1.54, 1.807) is 6.07 Å². The molecule has 2 atom stereocenters. The van der Waals surface area contributed by atoms with E-state index < -0.39 is 41.9 Å². The summed E-state index contributed by atoms with van der Waals surface area (Å²) in [5, 5.41) is 16.6. The highest BCUT2D eigenvalue weighted by Gasteiger charge is 2.54. The van der Waals surface area contributed by atoms with Crippen LogP contribution in [0.25, 0.3) is 10.9 Å². The Kier molecular flexibility index (Phi) is 10.3. The molecule has 1 fully saturated rings. The topological polar surface area (TPSA) is 130 Å². The Labute approximate surface area is 255 Å². The number of aliphatic carboxylic acids is 1. The van der Waals surface area contributed by atoms with Gasteiger partial charge in [-0.15, -0.1) is 0 Å². The average Bonchev–Trinajstić information content (AvgIpc) is 3.84. The molecule has 3 heterocycles. The van der Waals surface area contributed by atoms with Gasteiger partial charge in [-0.1, -0.05) is 6.07 Å². The molecule has 0 spiro atoms. The van der Waals surface area contributed by atoms with Gasteiger partial charge in [-0.3, -0.25) is 4.79 Å². The number of nitrogens with zero attached hydrogens (tertiary/aromatic N) is 4. The van der Waals surface area contributed by atoms with Crippen LogP contribution in [0.15, 0.2) is 36.7 Å². The van der Waals surface area contributed by atoms with E-state index in [-0.39, 0.29) is 6.42 Å². The number of carbonyl (C=O) groups excluding carboxylic acids is 1. The van der Waals surface area contributed by atoms with E-state index in [1.807, 2.05) is 4.90 Å². The van der Waals surface area contributed by atoms with Crippen LogP contribution in [0.3, 0.4) is 0 Å². The van der Waals surface area contributed by atoms with E-state index in [4.69, 9.17) is 9.72 Å². The lowest BCUT2D eigenvalue weighted by Crippen LogP contribution is -2.48. The number of pyridine rings is 1. The highest BCUT2D eigenvalue weighted by atomic mass is 19.1. The SMILES string of the molecule is COC(CF)CN(CCCCc1ccc2c(n1)NCCC2)CCC(NC(=O)C1(c2ncnc3cc(F)ccc23)CC1)C(=O)O. The largest absolute Gasteiger partial charge is 0.480 e. The molecule has 44 heavy (non-hydrogen) atoms. The number of carboxylic acid groups (broad SMARTS) is 1. The van der Waals surface area contributed by atoms with Crippen molar-refractivity contribution < 1.29 is 28.2 Å². The third kappa shape index (κ3) is 7.47. The molecule has 10 nitrogen and oxygen atoms in total. The predicted octanol–water partition coefficient (Wildman–Crippen LogP) is 3.82. The van der Waals surface area contributed by atoms with Gasteiger partial charge in [-0.25, -0.2) is 28.5 Å². The fourth-order valence-electron chi connectivity index (χ4n) is 5.89. The second-order valence-electron chi connectivity index (χ2n) is 11.7. The number of amides is 1. The van der Waals surface area contributed by atoms with Crippen LogP contribution >= 0.6 is 0 Å². The van der Waals surface area contributed by atoms with Crippen molar-refractivity contribution >= 4 is 28.6 Å². The third-order valence-electron chi connectivity index (χ3n) is 8.65. The minimum atomic E-state index is -1.15. The fraction of sp³-hybridized carbons (Fsp3) is 0.531. The van der Waals surface area contributed by atoms with Crippen molar-refractivity contribution in [1.29, 1.82) is 0 Å². The van der Waals surface area contributed by atoms with Crippen molar-refractivity contribution in [3.63, 3.8) is 0 Å². The first-order valence-corrected chi connectivity index (χ1v) is 15.3. The van der Waals surface area contributed by atoms with Gasteiger partial charge in [-0.05, 0) is 81.7 Å². The standard InChI is InChI=1S/C32H40F2N6O4/c1-44-24(18-33)19-40(15-3-2-6-23-9-7-21-5-4-14-35-29(21)38-23)16-11-26(30(41)42)39-31(43)32(12-13-32)28-25-10-8-22(34)17-27(25)36-20-37-28/h7-10,17,20,24,26H,2-6,11-16,18-19H2,1H3,(H,35,38)(H,39,43)(H,41,42). The number of halogens is 2. The Morgan fingerprint density at radius 3 is 2.77 bits per heavy atom. The monoisotopic (exact) mass is 610 g/mol. The normalized spacial score (nSPS) is 16.6. The number of carboxylic acids is 1. The number of unbranched alkanes of at least 4 members (excludes halogenated alkanes) is 1. The lowest BCUT2D eigenvalue weighted by atomic mass is 9.96. The Morgan fingerprint density at radius 2 is 2.02 bits per heavy atom. The molecule has 1 aliphatic heterocycles. The number of aromatic nitrogens is 3. The minimum absolute atomic E-state index is 0.133. The molecule has 236 valence electrons. The van der Waals surface area contributed by atoms with Gasteiger partial charge >= 0.3 is 5.97 Å². The van der Waals surface area contributed by atoms with Crippen molar-refractivity contribution in [3.05, 3.63) is 59.4 Å². The Balaban J connectivity index is 1.19. The van der Waals surface area contributed by atoms with Crippen LogP contribution in [0.1, 0.15) is 55.5 Å². The van der Waals surface area contributed by atoms with Gasteiger partial charge in [0.05, 0.1) is 22.7 Å². The number of carbonyl (C=O) groups is 2. The predicted molar refractivity (Wildman–Crippen MR) is 162 cm³/mol. The lowest BCUT2D eigenvalue weighted by Gasteiger charge is -2.27. The van der Waals surface area contributed by atoms with Gasteiger partial charge in [0, 0.05) is 43.9 Å². The number of ether oxygens (including phenoxy) is 1. The molecule has 0 radical (unpaired) electrons. The van der Waals surface area contributed by atoms with Crippen LogP contribution in [0.5, 0.6) is 0 Å². The summed E-state index contributed by atoms with van der Waals surface area (Å²) in [5.41, 5.74) is 2.14. The molecule has 5 rings (SSSR count). The Morgan fingerprint density at radius 1 is 1.18 bits per heavy atom. The zero-order chi connectivity index (χ0) is 31.1. The van der Waals surface area contributed by atoms with Crippen LogP contribution in [0.4, 0.5) is 14.6 Å². The van der Waals surface area contributed by atoms with E-state index in [9.17, 15) is 23.5 Å². The van der Waals surface area contributed by atoms with Gasteiger partial charge in [0.15, 0.2) is 0 Å². The number of rotatable bonds is 16. The van der Waals surface area contributed by atoms with Crippen molar-refractivity contribution in [1.82, 2.24) is 25.2 Å². The number of hydrogen-bond acceptors (Lipinski definition) is 8. The first-order valence-electron chi connectivity index (χ1n) is 15.3. The zero-order valence-corrected chi connectivity index (χ0v) is 25.0. The maximum Gasteiger partial charge on any atom is 0.326 e. The Bertz CT molecular complexity index is 1470. The van der Waals surface area contributed by atoms with Gasteiger partial charge in [0.1, 0.15) is 30.7 Å². The molecule has 2 aromatic heterocycles. The molecule has 3 aromatic rings. The number of anilines is 1. The number of nitrogens with one attached hydrogen (secondary N) is 2. The summed E-state index contributed by atoms with van der Waals surface area (Å²) in [7, 11) is 1.46. The highest BCUT2D eigenvalue weighted by molar-refractivity contribution is 5.97. The summed E-state index contributed by atoms with van der Waals surface area (Å²) in [6.45, 7) is 1.54. The molecule has 1 aliphatic carbocycles. The van der Waals surface area contributed by atoms with Crippen LogP contribution in [0, 0.1) is 5.82 Å². The molecule has 1 amide bonds. The molecule has 2 unspecified atom stereocenters. The second kappa shape index (κ2) is 14.3. The fourth-order valence-corrected chi connectivity index (χ4v) is 5.89. The van der Waals surface area contributed by atoms with Crippen LogP contribution in [-0.4, -0.2) is 88.9 Å². The molecular formula is C32H40F2N6O4. The summed E-state index contributed by atoms with van der Waals surface area (Å²) < 4.78 is 32.6. The molecule has 12 heteroatoms. The number of methoxy groups -OCH3 is 1. The summed E-state index contributed by atoms with van der Waals surface area (Å²) >= 11 is 0. The molecule has 1 saturated carbocycles. The van der Waals surface area contributed by atoms with E-state index >= 15 is 0 Å². The van der Waals surface area contributed by atoms with E-state index in [2.05, 4.69) is 32.7 Å². The number of hydrogen-bond donors (Lipinski definition) is 3. The number of benzene rings is 1. The van der Waals surface area contributed by atoms with Crippen molar-refractivity contribution in [2.24, 2.45) is 0 Å². The van der Waals surface area contributed by atoms with Crippen LogP contribution in [0.2, 0.25) is 0 Å². The van der Waals surface area contributed by atoms with Crippen LogP contribution < -0.4 is 10.6 Å². The van der Waals surface area contributed by atoms with Gasteiger partial charge in [0.25, 0.3) is 0 Å².